The van der Waals surface area contributed by atoms with Crippen molar-refractivity contribution in [3.8, 4) is 5.75 Å². The summed E-state index contributed by atoms with van der Waals surface area (Å²) in [6.45, 7) is 2.21. The molecule has 0 spiro atoms. The first-order valence-corrected chi connectivity index (χ1v) is 9.10. The van der Waals surface area contributed by atoms with Crippen LogP contribution in [0.1, 0.15) is 19.8 Å². The van der Waals surface area contributed by atoms with E-state index in [0.29, 0.717) is 22.9 Å². The highest BCUT2D eigenvalue weighted by atomic mass is 35.5. The van der Waals surface area contributed by atoms with Crippen LogP contribution in [0.15, 0.2) is 18.2 Å². The molecule has 124 valence electrons. The van der Waals surface area contributed by atoms with Crippen molar-refractivity contribution in [1.82, 2.24) is 5.32 Å². The van der Waals surface area contributed by atoms with Crippen molar-refractivity contribution in [2.45, 2.75) is 19.8 Å². The van der Waals surface area contributed by atoms with Crippen molar-refractivity contribution in [3.05, 3.63) is 23.2 Å². The number of carbonyl (C=O) groups is 1. The summed E-state index contributed by atoms with van der Waals surface area (Å²) in [5, 5.41) is 3.09. The Hall–Kier alpha value is -1.47. The highest BCUT2D eigenvalue weighted by Gasteiger charge is 2.21. The first-order chi connectivity index (χ1) is 10.3. The standard InChI is InChI=1S/C14H21ClN2O4S/c1-4-5-14(18)16-8-9-17(22(3,19)20)12-10-11(15)6-7-13(12)21-2/h6-7,10H,4-5,8-9H2,1-3H3,(H,16,18). The van der Waals surface area contributed by atoms with Gasteiger partial charge in [-0.15, -0.1) is 0 Å². The number of hydrogen-bond acceptors (Lipinski definition) is 4. The third-order valence-electron chi connectivity index (χ3n) is 2.92. The maximum atomic E-state index is 12.0. The number of hydrogen-bond donors (Lipinski definition) is 1. The number of sulfonamides is 1. The molecule has 0 fully saturated rings. The van der Waals surface area contributed by atoms with Gasteiger partial charge in [-0.2, -0.15) is 0 Å². The highest BCUT2D eigenvalue weighted by Crippen LogP contribution is 2.32. The number of rotatable bonds is 8. The molecule has 1 aromatic rings. The van der Waals surface area contributed by atoms with Crippen LogP contribution in [-0.4, -0.2) is 40.8 Å². The second kappa shape index (κ2) is 8.24. The van der Waals surface area contributed by atoms with Crippen LogP contribution in [0.2, 0.25) is 5.02 Å². The number of carbonyl (C=O) groups excluding carboxylic acids is 1. The van der Waals surface area contributed by atoms with Gasteiger partial charge >= 0.3 is 0 Å². The molecular weight excluding hydrogens is 328 g/mol. The van der Waals surface area contributed by atoms with Gasteiger partial charge in [-0.05, 0) is 24.6 Å². The lowest BCUT2D eigenvalue weighted by Crippen LogP contribution is -2.38. The van der Waals surface area contributed by atoms with Crippen molar-refractivity contribution in [2.24, 2.45) is 0 Å². The lowest BCUT2D eigenvalue weighted by Gasteiger charge is -2.24. The molecule has 0 aliphatic rings. The monoisotopic (exact) mass is 348 g/mol. The summed E-state index contributed by atoms with van der Waals surface area (Å²) in [6, 6.07) is 4.74. The summed E-state index contributed by atoms with van der Waals surface area (Å²) >= 11 is 5.95. The number of nitrogens with zero attached hydrogens (tertiary/aromatic N) is 1. The van der Waals surface area contributed by atoms with Gasteiger partial charge in [-0.1, -0.05) is 18.5 Å². The number of halogens is 1. The van der Waals surface area contributed by atoms with Crippen LogP contribution in [0.5, 0.6) is 5.75 Å². The predicted octanol–water partition coefficient (Wildman–Crippen LogP) is 2.03. The normalized spacial score (nSPS) is 11.1. The average Bonchev–Trinajstić information content (AvgIpc) is 2.42. The summed E-state index contributed by atoms with van der Waals surface area (Å²) in [5.74, 6) is 0.295. The van der Waals surface area contributed by atoms with Crippen LogP contribution < -0.4 is 14.4 Å². The zero-order valence-electron chi connectivity index (χ0n) is 12.9. The Morgan fingerprint density at radius 1 is 1.41 bits per heavy atom. The van der Waals surface area contributed by atoms with E-state index in [4.69, 9.17) is 16.3 Å². The van der Waals surface area contributed by atoms with Crippen molar-refractivity contribution < 1.29 is 17.9 Å². The van der Waals surface area contributed by atoms with Crippen molar-refractivity contribution >= 4 is 33.2 Å². The van der Waals surface area contributed by atoms with E-state index in [1.165, 1.54) is 17.5 Å². The lowest BCUT2D eigenvalue weighted by molar-refractivity contribution is -0.121. The van der Waals surface area contributed by atoms with E-state index in [1.54, 1.807) is 12.1 Å². The fraction of sp³-hybridized carbons (Fsp3) is 0.500. The molecule has 1 N–H and O–H groups in total. The van der Waals surface area contributed by atoms with Gasteiger partial charge in [0.25, 0.3) is 0 Å². The fourth-order valence-electron chi connectivity index (χ4n) is 1.94. The minimum Gasteiger partial charge on any atom is -0.495 e. The van der Waals surface area contributed by atoms with E-state index in [9.17, 15) is 13.2 Å². The minimum atomic E-state index is -3.53. The van der Waals surface area contributed by atoms with Gasteiger partial charge < -0.3 is 10.1 Å². The third kappa shape index (κ3) is 5.38. The van der Waals surface area contributed by atoms with Crippen LogP contribution in [-0.2, 0) is 14.8 Å². The first kappa shape index (κ1) is 18.6. The molecule has 0 saturated carbocycles. The van der Waals surface area contributed by atoms with Gasteiger partial charge in [-0.25, -0.2) is 8.42 Å². The highest BCUT2D eigenvalue weighted by molar-refractivity contribution is 7.92. The molecule has 0 unspecified atom stereocenters. The number of nitrogens with one attached hydrogen (secondary N) is 1. The molecule has 0 aromatic heterocycles. The molecule has 22 heavy (non-hydrogen) atoms. The molecule has 8 heteroatoms. The largest absolute Gasteiger partial charge is 0.495 e. The minimum absolute atomic E-state index is 0.102. The Morgan fingerprint density at radius 2 is 2.09 bits per heavy atom. The maximum Gasteiger partial charge on any atom is 0.232 e. The Labute approximate surface area is 136 Å². The summed E-state index contributed by atoms with van der Waals surface area (Å²) < 4.78 is 30.4. The van der Waals surface area contributed by atoms with E-state index >= 15 is 0 Å². The molecule has 0 aliphatic carbocycles. The second-order valence-corrected chi connectivity index (χ2v) is 7.09. The third-order valence-corrected chi connectivity index (χ3v) is 4.34. The Morgan fingerprint density at radius 3 is 2.64 bits per heavy atom. The van der Waals surface area contributed by atoms with E-state index in [2.05, 4.69) is 5.32 Å². The summed E-state index contributed by atoms with van der Waals surface area (Å²) in [7, 11) is -2.08. The molecule has 1 amide bonds. The average molecular weight is 349 g/mol. The van der Waals surface area contributed by atoms with E-state index in [-0.39, 0.29) is 19.0 Å². The van der Waals surface area contributed by atoms with Gasteiger partial charge in [0.1, 0.15) is 5.75 Å². The van der Waals surface area contributed by atoms with Gasteiger partial charge in [0.05, 0.1) is 25.6 Å². The molecule has 0 radical (unpaired) electrons. The lowest BCUT2D eigenvalue weighted by atomic mass is 10.3. The molecule has 0 saturated heterocycles. The van der Waals surface area contributed by atoms with Gasteiger partial charge in [0.2, 0.25) is 15.9 Å². The smallest absolute Gasteiger partial charge is 0.232 e. The van der Waals surface area contributed by atoms with Crippen LogP contribution in [0, 0.1) is 0 Å². The molecule has 0 atom stereocenters. The second-order valence-electron chi connectivity index (χ2n) is 4.75. The zero-order chi connectivity index (χ0) is 16.8. The quantitative estimate of drug-likeness (QED) is 0.780. The Bertz CT molecular complexity index is 619. The molecule has 0 bridgehead atoms. The number of ether oxygens (including phenoxy) is 1. The van der Waals surface area contributed by atoms with Crippen LogP contribution in [0.3, 0.4) is 0 Å². The number of methoxy groups -OCH3 is 1. The van der Waals surface area contributed by atoms with E-state index < -0.39 is 10.0 Å². The van der Waals surface area contributed by atoms with Crippen LogP contribution >= 0.6 is 11.6 Å². The molecule has 1 rings (SSSR count). The van der Waals surface area contributed by atoms with Gasteiger partial charge in [0.15, 0.2) is 0 Å². The van der Waals surface area contributed by atoms with Gasteiger partial charge in [-0.3, -0.25) is 9.10 Å². The molecule has 1 aromatic carbocycles. The predicted molar refractivity (Wildman–Crippen MR) is 88.1 cm³/mol. The van der Waals surface area contributed by atoms with Crippen LogP contribution in [0.4, 0.5) is 5.69 Å². The molecule has 0 aliphatic heterocycles. The number of anilines is 1. The first-order valence-electron chi connectivity index (χ1n) is 6.87. The topological polar surface area (TPSA) is 75.7 Å². The Kier molecular flexibility index (Phi) is 6.96. The number of amides is 1. The molecular formula is C14H21ClN2O4S. The Balaban J connectivity index is 2.96. The summed E-state index contributed by atoms with van der Waals surface area (Å²) in [5.41, 5.74) is 0.349. The van der Waals surface area contributed by atoms with Gasteiger partial charge in [0, 0.05) is 18.0 Å². The van der Waals surface area contributed by atoms with Crippen molar-refractivity contribution in [3.63, 3.8) is 0 Å². The van der Waals surface area contributed by atoms with Crippen LogP contribution in [0.25, 0.3) is 0 Å². The fourth-order valence-corrected chi connectivity index (χ4v) is 3.02. The SMILES string of the molecule is CCCC(=O)NCCN(c1cc(Cl)ccc1OC)S(C)(=O)=O. The van der Waals surface area contributed by atoms with E-state index in [1.807, 2.05) is 6.92 Å². The molecule has 0 heterocycles. The summed E-state index contributed by atoms with van der Waals surface area (Å²) in [6.07, 6.45) is 2.25. The van der Waals surface area contributed by atoms with E-state index in [0.717, 1.165) is 12.7 Å². The zero-order valence-corrected chi connectivity index (χ0v) is 14.5. The van der Waals surface area contributed by atoms with Crippen molar-refractivity contribution in [2.75, 3.05) is 30.8 Å². The van der Waals surface area contributed by atoms with Crippen molar-refractivity contribution in [1.29, 1.82) is 0 Å². The molecule has 6 nitrogen and oxygen atoms in total. The maximum absolute atomic E-state index is 12.0. The number of benzene rings is 1. The summed E-state index contributed by atoms with van der Waals surface area (Å²) in [4.78, 5) is 11.5.